The molecule has 4 amide bonds. The number of nitrogens with two attached hydrogens (primary N) is 1. The molecule has 2 aromatic rings. The first kappa shape index (κ1) is 34.6. The van der Waals surface area contributed by atoms with Crippen LogP contribution in [-0.4, -0.2) is 102 Å². The number of nitrogens with one attached hydrogen (secondary N) is 3. The molecular formula is C24H28N8O13S2. The number of oxime groups is 1. The molecule has 0 spiro atoms. The number of amides is 4. The fourth-order valence-electron chi connectivity index (χ4n) is 4.44. The number of carboxylic acids is 1. The molecule has 0 radical (unpaired) electrons. The molecule has 254 valence electrons. The zero-order valence-corrected chi connectivity index (χ0v) is 25.6. The lowest BCUT2D eigenvalue weighted by Crippen LogP contribution is -2.74. The van der Waals surface area contributed by atoms with Gasteiger partial charge in [-0.25, -0.2) is 14.1 Å². The summed E-state index contributed by atoms with van der Waals surface area (Å²) in [5, 5.41) is 40.4. The molecule has 2 fully saturated rings. The normalized spacial score (nSPS) is 18.8. The summed E-state index contributed by atoms with van der Waals surface area (Å²) >= 11 is 0.911. The van der Waals surface area contributed by atoms with Gasteiger partial charge in [0.25, 0.3) is 11.8 Å². The largest absolute Gasteiger partial charge is 0.503 e. The van der Waals surface area contributed by atoms with Crippen LogP contribution in [0.5, 0.6) is 5.75 Å². The van der Waals surface area contributed by atoms with E-state index in [4.69, 9.17) is 10.6 Å². The fraction of sp³-hybridized carbons (Fsp3) is 0.417. The molecule has 4 rings (SSSR count). The molecule has 1 saturated carbocycles. The lowest BCUT2D eigenvalue weighted by molar-refractivity contribution is -0.178. The zero-order chi connectivity index (χ0) is 34.7. The van der Waals surface area contributed by atoms with Crippen LogP contribution in [0.3, 0.4) is 0 Å². The monoisotopic (exact) mass is 700 g/mol. The van der Waals surface area contributed by atoms with E-state index >= 15 is 0 Å². The molecule has 2 aromatic heterocycles. The fourth-order valence-corrected chi connectivity index (χ4v) is 5.87. The number of β-lactam (4-membered cyclic amide) rings is 1. The average Bonchev–Trinajstić information content (AvgIpc) is 3.39. The van der Waals surface area contributed by atoms with E-state index in [9.17, 15) is 57.2 Å². The summed E-state index contributed by atoms with van der Waals surface area (Å²) in [5.74, 6) is -5.92. The van der Waals surface area contributed by atoms with Crippen LogP contribution >= 0.6 is 11.3 Å². The van der Waals surface area contributed by atoms with Crippen molar-refractivity contribution >= 4 is 62.1 Å². The Morgan fingerprint density at radius 3 is 2.38 bits per heavy atom. The average molecular weight is 701 g/mol. The Bertz CT molecular complexity index is 1800. The lowest BCUT2D eigenvalue weighted by Gasteiger charge is -2.44. The van der Waals surface area contributed by atoms with E-state index in [2.05, 4.69) is 26.1 Å². The maximum atomic E-state index is 13.2. The summed E-state index contributed by atoms with van der Waals surface area (Å²) in [6, 6.07) is -2.28. The number of aliphatic carboxylic acids is 1. The SMILES string of the molecule is Nc1nc(C(=NOC2(C(=O)O)CCC2)C(=O)N[C@@H]2C(=O)N(S(=O)(=O)O)[C@H]2CNC(=O)CCC(=O)NCc2cc(=O)c(O)cn2O)cs1. The van der Waals surface area contributed by atoms with E-state index in [1.807, 2.05) is 0 Å². The highest BCUT2D eigenvalue weighted by molar-refractivity contribution is 7.84. The van der Waals surface area contributed by atoms with Gasteiger partial charge in [-0.3, -0.25) is 28.5 Å². The van der Waals surface area contributed by atoms with Gasteiger partial charge in [-0.1, -0.05) is 5.16 Å². The van der Waals surface area contributed by atoms with Crippen LogP contribution in [0.25, 0.3) is 0 Å². The predicted octanol–water partition coefficient (Wildman–Crippen LogP) is -2.73. The standard InChI is InChI=1S/C24H28N8O13S2/c25-23-28-12(10-46-23)18(30-45-24(22(39)40)4-1-5-24)20(37)29-19-13(32(21(19)38)47(42,43)44)8-27-17(36)3-2-16(35)26-7-11-6-14(33)15(34)9-31(11)41/h6,9-10,13,19,34,41H,1-5,7-8H2,(H2,25,28)(H,26,35)(H,27,36)(H,29,37)(H,39,40)(H,42,43,44)/t13-,19-/m0/s1. The maximum absolute atomic E-state index is 13.2. The first-order valence-electron chi connectivity index (χ1n) is 13.5. The maximum Gasteiger partial charge on any atom is 0.362 e. The molecule has 2 aliphatic rings. The summed E-state index contributed by atoms with van der Waals surface area (Å²) in [6.07, 6.45) is 0.629. The summed E-state index contributed by atoms with van der Waals surface area (Å²) in [5.41, 5.74) is 2.37. The van der Waals surface area contributed by atoms with Gasteiger partial charge >= 0.3 is 16.3 Å². The van der Waals surface area contributed by atoms with E-state index in [1.54, 1.807) is 0 Å². The van der Waals surface area contributed by atoms with Crippen LogP contribution in [0.1, 0.15) is 43.5 Å². The first-order chi connectivity index (χ1) is 22.0. The molecule has 1 saturated heterocycles. The van der Waals surface area contributed by atoms with E-state index < -0.39 is 93.9 Å². The number of hydrogen-bond acceptors (Lipinski definition) is 15. The molecule has 47 heavy (non-hydrogen) atoms. The number of carbonyl (C=O) groups excluding carboxylic acids is 4. The molecular weight excluding hydrogens is 672 g/mol. The Balaban J connectivity index is 1.38. The van der Waals surface area contributed by atoms with Crippen molar-refractivity contribution in [1.29, 1.82) is 0 Å². The molecule has 21 nitrogen and oxygen atoms in total. The molecule has 0 bridgehead atoms. The molecule has 1 aliphatic carbocycles. The van der Waals surface area contributed by atoms with Crippen molar-refractivity contribution in [3.63, 3.8) is 0 Å². The van der Waals surface area contributed by atoms with E-state index in [-0.39, 0.29) is 40.2 Å². The van der Waals surface area contributed by atoms with Gasteiger partial charge in [0.15, 0.2) is 16.6 Å². The van der Waals surface area contributed by atoms with Gasteiger partial charge < -0.3 is 41.9 Å². The molecule has 9 N–H and O–H groups in total. The van der Waals surface area contributed by atoms with Crippen molar-refractivity contribution in [2.75, 3.05) is 12.3 Å². The Hall–Kier alpha value is -5.29. The van der Waals surface area contributed by atoms with Gasteiger partial charge in [-0.15, -0.1) is 11.3 Å². The third kappa shape index (κ3) is 7.75. The van der Waals surface area contributed by atoms with Crippen molar-refractivity contribution < 1.29 is 57.2 Å². The molecule has 1 aliphatic heterocycles. The van der Waals surface area contributed by atoms with Crippen molar-refractivity contribution in [2.24, 2.45) is 5.16 Å². The van der Waals surface area contributed by atoms with Crippen LogP contribution in [0, 0.1) is 0 Å². The molecule has 23 heteroatoms. The van der Waals surface area contributed by atoms with E-state index in [0.29, 0.717) is 11.2 Å². The first-order valence-corrected chi connectivity index (χ1v) is 15.8. The van der Waals surface area contributed by atoms with Gasteiger partial charge in [0.2, 0.25) is 22.8 Å². The Morgan fingerprint density at radius 1 is 1.17 bits per heavy atom. The molecule has 0 unspecified atom stereocenters. The summed E-state index contributed by atoms with van der Waals surface area (Å²) in [6.45, 7) is -0.946. The number of carbonyl (C=O) groups is 5. The van der Waals surface area contributed by atoms with Gasteiger partial charge in [0, 0.05) is 43.7 Å². The third-order valence-electron chi connectivity index (χ3n) is 7.19. The molecule has 0 aromatic carbocycles. The van der Waals surface area contributed by atoms with E-state index in [1.165, 1.54) is 5.38 Å². The van der Waals surface area contributed by atoms with Crippen molar-refractivity contribution in [1.82, 2.24) is 30.0 Å². The summed E-state index contributed by atoms with van der Waals surface area (Å²) in [7, 11) is -5.14. The molecule has 2 atom stereocenters. The number of aromatic nitrogens is 2. The number of hydrogen-bond donors (Lipinski definition) is 8. The minimum Gasteiger partial charge on any atom is -0.503 e. The second-order valence-corrected chi connectivity index (χ2v) is 12.5. The van der Waals surface area contributed by atoms with Crippen LogP contribution in [0.4, 0.5) is 5.13 Å². The highest BCUT2D eigenvalue weighted by Crippen LogP contribution is 2.36. The number of thiazole rings is 1. The molecule has 3 heterocycles. The Labute approximate surface area is 267 Å². The van der Waals surface area contributed by atoms with Crippen LogP contribution in [-0.2, 0) is 45.7 Å². The third-order valence-corrected chi connectivity index (χ3v) is 8.81. The van der Waals surface area contributed by atoms with Crippen LogP contribution < -0.4 is 27.1 Å². The smallest absolute Gasteiger partial charge is 0.362 e. The van der Waals surface area contributed by atoms with Gasteiger partial charge in [-0.2, -0.15) is 13.1 Å². The number of carboxylic acid groups (broad SMARTS) is 1. The number of aromatic hydroxyl groups is 1. The van der Waals surface area contributed by atoms with Crippen molar-refractivity contribution in [2.45, 2.75) is 56.3 Å². The minimum absolute atomic E-state index is 0.0117. The summed E-state index contributed by atoms with van der Waals surface area (Å²) < 4.78 is 33.7. The second-order valence-electron chi connectivity index (χ2n) is 10.3. The highest BCUT2D eigenvalue weighted by Gasteiger charge is 2.54. The van der Waals surface area contributed by atoms with Crippen LogP contribution in [0.2, 0.25) is 0 Å². The number of anilines is 1. The number of nitrogens with zero attached hydrogens (tertiary/aromatic N) is 4. The van der Waals surface area contributed by atoms with Gasteiger partial charge in [0.1, 0.15) is 11.7 Å². The number of rotatable bonds is 14. The Morgan fingerprint density at radius 2 is 1.83 bits per heavy atom. The van der Waals surface area contributed by atoms with Crippen molar-refractivity contribution in [3.8, 4) is 5.75 Å². The topological polar surface area (TPSA) is 322 Å². The highest BCUT2D eigenvalue weighted by atomic mass is 32.2. The second kappa shape index (κ2) is 13.6. The zero-order valence-electron chi connectivity index (χ0n) is 24.0. The van der Waals surface area contributed by atoms with Gasteiger partial charge in [0.05, 0.1) is 24.5 Å². The summed E-state index contributed by atoms with van der Waals surface area (Å²) in [4.78, 5) is 82.8. The predicted molar refractivity (Wildman–Crippen MR) is 156 cm³/mol. The van der Waals surface area contributed by atoms with Gasteiger partial charge in [-0.05, 0) is 6.42 Å². The quantitative estimate of drug-likeness (QED) is 0.0326. The van der Waals surface area contributed by atoms with Crippen LogP contribution in [0.15, 0.2) is 27.6 Å². The van der Waals surface area contributed by atoms with Crippen molar-refractivity contribution in [3.05, 3.63) is 39.3 Å². The number of nitrogen functional groups attached to an aromatic ring is 1. The lowest BCUT2D eigenvalue weighted by atomic mass is 9.80. The number of pyridine rings is 1. The Kier molecular flexibility index (Phi) is 10.0. The van der Waals surface area contributed by atoms with E-state index in [0.717, 1.165) is 23.6 Å². The minimum atomic E-state index is -5.14.